The molecule has 0 atom stereocenters. The van der Waals surface area contributed by atoms with Gasteiger partial charge in [-0.3, -0.25) is 9.69 Å². The Morgan fingerprint density at radius 2 is 1.94 bits per heavy atom. The van der Waals surface area contributed by atoms with Crippen LogP contribution in [0.15, 0.2) is 48.5 Å². The molecule has 1 aliphatic heterocycles. The number of rotatable bonds is 7. The standard InChI is InChI=1S/C26H28ClFN4O/c1-2-31(26(33)18-7-8-18)17-24-22-16-30(15-19-5-3-4-6-23(19)28)14-13-25(22)32(29-24)21-11-9-20(27)10-12-21/h3-6,9-12,18H,2,7-8,13-17H2,1H3. The highest BCUT2D eigenvalue weighted by Crippen LogP contribution is 2.33. The molecule has 1 fully saturated rings. The van der Waals surface area contributed by atoms with Crippen LogP contribution in [-0.2, 0) is 30.8 Å². The lowest BCUT2D eigenvalue weighted by atomic mass is 10.0. The van der Waals surface area contributed by atoms with Crippen LogP contribution in [0.5, 0.6) is 0 Å². The second kappa shape index (κ2) is 9.27. The first-order chi connectivity index (χ1) is 16.0. The molecule has 0 bridgehead atoms. The predicted octanol–water partition coefficient (Wildman–Crippen LogP) is 4.98. The van der Waals surface area contributed by atoms with Crippen molar-refractivity contribution < 1.29 is 9.18 Å². The van der Waals surface area contributed by atoms with Gasteiger partial charge in [0.15, 0.2) is 0 Å². The van der Waals surface area contributed by atoms with Crippen LogP contribution in [0.2, 0.25) is 5.02 Å². The molecule has 0 radical (unpaired) electrons. The Kier molecular flexibility index (Phi) is 6.21. The number of carbonyl (C=O) groups excluding carboxylic acids is 1. The van der Waals surface area contributed by atoms with Crippen LogP contribution in [0.25, 0.3) is 5.69 Å². The van der Waals surface area contributed by atoms with Crippen molar-refractivity contribution in [1.29, 1.82) is 0 Å². The van der Waals surface area contributed by atoms with E-state index in [9.17, 15) is 9.18 Å². The van der Waals surface area contributed by atoms with Gasteiger partial charge in [-0.2, -0.15) is 5.10 Å². The molecule has 172 valence electrons. The Balaban J connectivity index is 1.47. The summed E-state index contributed by atoms with van der Waals surface area (Å²) in [6.07, 6.45) is 2.79. The minimum absolute atomic E-state index is 0.174. The summed E-state index contributed by atoms with van der Waals surface area (Å²) < 4.78 is 16.3. The molecule has 1 saturated carbocycles. The van der Waals surface area contributed by atoms with E-state index in [0.29, 0.717) is 36.8 Å². The van der Waals surface area contributed by atoms with Crippen LogP contribution in [0.4, 0.5) is 4.39 Å². The summed E-state index contributed by atoms with van der Waals surface area (Å²) in [4.78, 5) is 17.0. The van der Waals surface area contributed by atoms with Crippen molar-refractivity contribution in [1.82, 2.24) is 19.6 Å². The first-order valence-corrected chi connectivity index (χ1v) is 12.0. The molecule has 2 aromatic carbocycles. The SMILES string of the molecule is CCN(Cc1nn(-c2ccc(Cl)cc2)c2c1CN(Cc1ccccc1F)CC2)C(=O)C1CC1. The minimum atomic E-state index is -0.174. The van der Waals surface area contributed by atoms with Gasteiger partial charge in [0.2, 0.25) is 5.91 Å². The summed E-state index contributed by atoms with van der Waals surface area (Å²) in [7, 11) is 0. The van der Waals surface area contributed by atoms with Gasteiger partial charge in [-0.05, 0) is 50.1 Å². The van der Waals surface area contributed by atoms with Crippen LogP contribution in [0.3, 0.4) is 0 Å². The molecule has 1 aliphatic carbocycles. The molecule has 0 saturated heterocycles. The fourth-order valence-corrected chi connectivity index (χ4v) is 4.71. The van der Waals surface area contributed by atoms with Crippen molar-refractivity contribution in [3.63, 3.8) is 0 Å². The summed E-state index contributed by atoms with van der Waals surface area (Å²) in [6.45, 7) is 5.24. The third-order valence-corrected chi connectivity index (χ3v) is 6.86. The first-order valence-electron chi connectivity index (χ1n) is 11.6. The van der Waals surface area contributed by atoms with Gasteiger partial charge in [0.1, 0.15) is 5.82 Å². The van der Waals surface area contributed by atoms with Crippen molar-refractivity contribution in [2.45, 2.75) is 45.8 Å². The number of hydrogen-bond donors (Lipinski definition) is 0. The van der Waals surface area contributed by atoms with Gasteiger partial charge >= 0.3 is 0 Å². The first kappa shape index (κ1) is 22.1. The van der Waals surface area contributed by atoms with Crippen molar-refractivity contribution in [2.24, 2.45) is 5.92 Å². The van der Waals surface area contributed by atoms with E-state index in [1.165, 1.54) is 6.07 Å². The normalized spacial score (nSPS) is 16.0. The topological polar surface area (TPSA) is 41.4 Å². The Morgan fingerprint density at radius 1 is 1.18 bits per heavy atom. The highest BCUT2D eigenvalue weighted by molar-refractivity contribution is 6.30. The van der Waals surface area contributed by atoms with Crippen molar-refractivity contribution in [3.05, 3.63) is 81.9 Å². The summed E-state index contributed by atoms with van der Waals surface area (Å²) in [5, 5.41) is 5.66. The molecular weight excluding hydrogens is 439 g/mol. The summed E-state index contributed by atoms with van der Waals surface area (Å²) in [5.41, 5.74) is 4.89. The van der Waals surface area contributed by atoms with Crippen LogP contribution in [0, 0.1) is 11.7 Å². The molecule has 3 aromatic rings. The van der Waals surface area contributed by atoms with Crippen LogP contribution in [0.1, 0.15) is 42.3 Å². The average molecular weight is 467 g/mol. The zero-order valence-corrected chi connectivity index (χ0v) is 19.6. The Morgan fingerprint density at radius 3 is 2.64 bits per heavy atom. The Labute approximate surface area is 198 Å². The van der Waals surface area contributed by atoms with Gasteiger partial charge in [-0.15, -0.1) is 0 Å². The molecule has 33 heavy (non-hydrogen) atoms. The van der Waals surface area contributed by atoms with E-state index in [1.54, 1.807) is 6.07 Å². The Bertz CT molecular complexity index is 1160. The lowest BCUT2D eigenvalue weighted by Gasteiger charge is -2.28. The molecule has 0 unspecified atom stereocenters. The summed E-state index contributed by atoms with van der Waals surface area (Å²) in [5.74, 6) is 0.232. The molecular formula is C26H28ClFN4O. The monoisotopic (exact) mass is 466 g/mol. The quantitative estimate of drug-likeness (QED) is 0.493. The minimum Gasteiger partial charge on any atom is -0.337 e. The van der Waals surface area contributed by atoms with Crippen molar-refractivity contribution in [2.75, 3.05) is 13.1 Å². The number of aromatic nitrogens is 2. The van der Waals surface area contributed by atoms with E-state index in [4.69, 9.17) is 16.7 Å². The van der Waals surface area contributed by atoms with E-state index in [0.717, 1.165) is 48.4 Å². The lowest BCUT2D eigenvalue weighted by molar-refractivity contribution is -0.133. The number of nitrogens with zero attached hydrogens (tertiary/aromatic N) is 4. The van der Waals surface area contributed by atoms with Gasteiger partial charge in [0.05, 0.1) is 23.6 Å². The van der Waals surface area contributed by atoms with Crippen LogP contribution < -0.4 is 0 Å². The third kappa shape index (κ3) is 4.68. The highest BCUT2D eigenvalue weighted by Gasteiger charge is 2.34. The molecule has 7 heteroatoms. The van der Waals surface area contributed by atoms with Crippen LogP contribution in [-0.4, -0.2) is 38.6 Å². The van der Waals surface area contributed by atoms with E-state index in [1.807, 2.05) is 52.9 Å². The van der Waals surface area contributed by atoms with E-state index < -0.39 is 0 Å². The van der Waals surface area contributed by atoms with Crippen molar-refractivity contribution in [3.8, 4) is 5.69 Å². The lowest BCUT2D eigenvalue weighted by Crippen LogP contribution is -2.34. The molecule has 5 nitrogen and oxygen atoms in total. The van der Waals surface area contributed by atoms with Gasteiger partial charge < -0.3 is 4.90 Å². The molecule has 2 heterocycles. The number of hydrogen-bond acceptors (Lipinski definition) is 3. The second-order valence-electron chi connectivity index (χ2n) is 8.94. The summed E-state index contributed by atoms with van der Waals surface area (Å²) >= 11 is 6.10. The predicted molar refractivity (Wildman–Crippen MR) is 127 cm³/mol. The highest BCUT2D eigenvalue weighted by atomic mass is 35.5. The maximum absolute atomic E-state index is 14.3. The summed E-state index contributed by atoms with van der Waals surface area (Å²) in [6, 6.07) is 14.6. The third-order valence-electron chi connectivity index (χ3n) is 6.60. The fourth-order valence-electron chi connectivity index (χ4n) is 4.58. The number of benzene rings is 2. The smallest absolute Gasteiger partial charge is 0.226 e. The number of fused-ring (bicyclic) bond motifs is 1. The number of carbonyl (C=O) groups is 1. The molecule has 5 rings (SSSR count). The molecule has 2 aliphatic rings. The maximum Gasteiger partial charge on any atom is 0.226 e. The van der Waals surface area contributed by atoms with Crippen molar-refractivity contribution >= 4 is 17.5 Å². The van der Waals surface area contributed by atoms with E-state index in [-0.39, 0.29) is 17.6 Å². The van der Waals surface area contributed by atoms with Gasteiger partial charge in [0.25, 0.3) is 0 Å². The fraction of sp³-hybridized carbons (Fsp3) is 0.385. The van der Waals surface area contributed by atoms with E-state index >= 15 is 0 Å². The maximum atomic E-state index is 14.3. The van der Waals surface area contributed by atoms with Crippen LogP contribution >= 0.6 is 11.6 Å². The average Bonchev–Trinajstić information content (AvgIpc) is 3.62. The zero-order chi connectivity index (χ0) is 22.9. The Hall–Kier alpha value is -2.70. The van der Waals surface area contributed by atoms with Gasteiger partial charge in [0, 0.05) is 54.7 Å². The number of amides is 1. The largest absolute Gasteiger partial charge is 0.337 e. The molecule has 1 amide bonds. The molecule has 1 aromatic heterocycles. The van der Waals surface area contributed by atoms with Gasteiger partial charge in [-0.25, -0.2) is 9.07 Å². The molecule has 0 spiro atoms. The second-order valence-corrected chi connectivity index (χ2v) is 9.38. The zero-order valence-electron chi connectivity index (χ0n) is 18.8. The number of halogens is 2. The molecule has 0 N–H and O–H groups in total. The van der Waals surface area contributed by atoms with E-state index in [2.05, 4.69) is 4.90 Å². The van der Waals surface area contributed by atoms with Gasteiger partial charge in [-0.1, -0.05) is 29.8 Å².